The Balaban J connectivity index is 1.87. The molecule has 0 bridgehead atoms. The summed E-state index contributed by atoms with van der Waals surface area (Å²) in [5.74, 6) is -0.0592. The van der Waals surface area contributed by atoms with Crippen LogP contribution in [0.4, 0.5) is 0 Å². The summed E-state index contributed by atoms with van der Waals surface area (Å²) in [7, 11) is 3.47. The van der Waals surface area contributed by atoms with Gasteiger partial charge in [0.25, 0.3) is 5.91 Å². The fourth-order valence-corrected chi connectivity index (χ4v) is 4.44. The molecule has 1 aliphatic rings. The summed E-state index contributed by atoms with van der Waals surface area (Å²) in [6.07, 6.45) is 0.433. The van der Waals surface area contributed by atoms with Crippen LogP contribution in [0.15, 0.2) is 41.8 Å². The SMILES string of the molecule is CN(C)C(=O)[C@]1(Cc2ccc(-c3cccs3)cc2)CN(C(=O)C(C)(C)C)CCO1. The lowest BCUT2D eigenvalue weighted by atomic mass is 9.88. The summed E-state index contributed by atoms with van der Waals surface area (Å²) in [5, 5.41) is 2.06. The van der Waals surface area contributed by atoms with Crippen molar-refractivity contribution >= 4 is 23.2 Å². The van der Waals surface area contributed by atoms with E-state index in [1.807, 2.05) is 39.0 Å². The number of likely N-dealkylation sites (N-methyl/N-ethyl adjacent to an activating group) is 1. The molecule has 2 amide bonds. The Morgan fingerprint density at radius 3 is 2.41 bits per heavy atom. The topological polar surface area (TPSA) is 49.9 Å². The third-order valence-electron chi connectivity index (χ3n) is 5.16. The van der Waals surface area contributed by atoms with Crippen LogP contribution in [0.5, 0.6) is 0 Å². The maximum atomic E-state index is 13.2. The van der Waals surface area contributed by atoms with Gasteiger partial charge in [-0.1, -0.05) is 51.1 Å². The number of carbonyl (C=O) groups excluding carboxylic acids is 2. The molecule has 0 radical (unpaired) electrons. The van der Waals surface area contributed by atoms with E-state index >= 15 is 0 Å². The number of ether oxygens (including phenoxy) is 1. The number of thiophene rings is 1. The molecular weight excluding hydrogens is 384 g/mol. The fraction of sp³-hybridized carbons (Fsp3) is 0.478. The smallest absolute Gasteiger partial charge is 0.256 e. The highest BCUT2D eigenvalue weighted by Crippen LogP contribution is 2.30. The lowest BCUT2D eigenvalue weighted by Gasteiger charge is -2.44. The molecule has 5 nitrogen and oxygen atoms in total. The molecule has 1 aromatic carbocycles. The van der Waals surface area contributed by atoms with Gasteiger partial charge in [0, 0.05) is 37.4 Å². The van der Waals surface area contributed by atoms with Crippen molar-refractivity contribution in [2.45, 2.75) is 32.8 Å². The molecule has 1 atom stereocenters. The molecule has 1 aliphatic heterocycles. The molecule has 2 aromatic rings. The second-order valence-corrected chi connectivity index (χ2v) is 9.82. The van der Waals surface area contributed by atoms with E-state index in [4.69, 9.17) is 4.74 Å². The zero-order valence-corrected chi connectivity index (χ0v) is 18.7. The zero-order valence-electron chi connectivity index (χ0n) is 17.9. The molecule has 0 N–H and O–H groups in total. The minimum absolute atomic E-state index is 0.0461. The van der Waals surface area contributed by atoms with E-state index in [2.05, 4.69) is 23.6 Å². The van der Waals surface area contributed by atoms with Crippen LogP contribution in [0, 0.1) is 5.41 Å². The van der Waals surface area contributed by atoms with Crippen molar-refractivity contribution in [1.29, 1.82) is 0 Å². The first-order chi connectivity index (χ1) is 13.6. The molecule has 29 heavy (non-hydrogen) atoms. The third-order valence-corrected chi connectivity index (χ3v) is 6.08. The highest BCUT2D eigenvalue weighted by Gasteiger charge is 2.47. The second kappa shape index (κ2) is 8.28. The Labute approximate surface area is 177 Å². The van der Waals surface area contributed by atoms with Crippen LogP contribution < -0.4 is 0 Å². The van der Waals surface area contributed by atoms with Crippen molar-refractivity contribution < 1.29 is 14.3 Å². The van der Waals surface area contributed by atoms with Crippen molar-refractivity contribution in [1.82, 2.24) is 9.80 Å². The van der Waals surface area contributed by atoms with E-state index in [0.29, 0.717) is 19.6 Å². The number of benzene rings is 1. The lowest BCUT2D eigenvalue weighted by molar-refractivity contribution is -0.175. The first-order valence-electron chi connectivity index (χ1n) is 9.90. The Bertz CT molecular complexity index is 853. The summed E-state index contributed by atoms with van der Waals surface area (Å²) >= 11 is 1.70. The Morgan fingerprint density at radius 1 is 1.17 bits per heavy atom. The van der Waals surface area contributed by atoms with Crippen LogP contribution in [0.1, 0.15) is 26.3 Å². The predicted octanol–water partition coefficient (Wildman–Crippen LogP) is 3.69. The average molecular weight is 415 g/mol. The van der Waals surface area contributed by atoms with Gasteiger partial charge in [0.15, 0.2) is 5.60 Å². The van der Waals surface area contributed by atoms with Crippen molar-refractivity contribution in [2.24, 2.45) is 5.41 Å². The molecule has 6 heteroatoms. The van der Waals surface area contributed by atoms with Crippen molar-refractivity contribution in [3.63, 3.8) is 0 Å². The van der Waals surface area contributed by atoms with Crippen LogP contribution in [0.2, 0.25) is 0 Å². The zero-order chi connectivity index (χ0) is 21.2. The van der Waals surface area contributed by atoms with E-state index in [9.17, 15) is 9.59 Å². The van der Waals surface area contributed by atoms with Gasteiger partial charge in [-0.2, -0.15) is 0 Å². The van der Waals surface area contributed by atoms with Gasteiger partial charge in [-0.25, -0.2) is 0 Å². The summed E-state index contributed by atoms with van der Waals surface area (Å²) in [5.41, 5.74) is 0.621. The number of rotatable bonds is 4. The highest BCUT2D eigenvalue weighted by molar-refractivity contribution is 7.13. The molecule has 3 rings (SSSR count). The minimum atomic E-state index is -1.06. The van der Waals surface area contributed by atoms with Gasteiger partial charge in [0.05, 0.1) is 13.2 Å². The molecule has 1 saturated heterocycles. The maximum Gasteiger partial charge on any atom is 0.256 e. The number of hydrogen-bond donors (Lipinski definition) is 0. The van der Waals surface area contributed by atoms with Gasteiger partial charge in [-0.15, -0.1) is 11.3 Å². The molecular formula is C23H30N2O3S. The van der Waals surface area contributed by atoms with Crippen LogP contribution in [-0.2, 0) is 20.7 Å². The number of carbonyl (C=O) groups is 2. The van der Waals surface area contributed by atoms with Gasteiger partial charge in [-0.05, 0) is 22.6 Å². The van der Waals surface area contributed by atoms with Crippen molar-refractivity contribution in [3.05, 3.63) is 47.3 Å². The minimum Gasteiger partial charge on any atom is -0.361 e. The summed E-state index contributed by atoms with van der Waals surface area (Å²) in [6.45, 7) is 6.86. The standard InChI is InChI=1S/C23H30N2O3S/c1-22(2,3)20(26)25-12-13-28-23(16-25,21(27)24(4)5)15-17-8-10-18(11-9-17)19-7-6-14-29-19/h6-11,14H,12-13,15-16H2,1-5H3/t23-/m0/s1. The van der Waals surface area contributed by atoms with Gasteiger partial charge in [0.1, 0.15) is 0 Å². The van der Waals surface area contributed by atoms with E-state index in [-0.39, 0.29) is 18.4 Å². The number of amides is 2. The molecule has 0 unspecified atom stereocenters. The van der Waals surface area contributed by atoms with Crippen LogP contribution in [0.25, 0.3) is 10.4 Å². The third kappa shape index (κ3) is 4.70. The van der Waals surface area contributed by atoms with Crippen molar-refractivity contribution in [3.8, 4) is 10.4 Å². The summed E-state index contributed by atoms with van der Waals surface area (Å²) in [6, 6.07) is 12.4. The highest BCUT2D eigenvalue weighted by atomic mass is 32.1. The lowest BCUT2D eigenvalue weighted by Crippen LogP contribution is -2.62. The van der Waals surface area contributed by atoms with E-state index in [1.54, 1.807) is 35.2 Å². The second-order valence-electron chi connectivity index (χ2n) is 8.87. The molecule has 2 heterocycles. The Morgan fingerprint density at radius 2 is 1.86 bits per heavy atom. The molecule has 0 aliphatic carbocycles. The first-order valence-corrected chi connectivity index (χ1v) is 10.8. The Hall–Kier alpha value is -2.18. The average Bonchev–Trinajstić information content (AvgIpc) is 3.21. The molecule has 1 aromatic heterocycles. The molecule has 156 valence electrons. The maximum absolute atomic E-state index is 13.2. The molecule has 0 saturated carbocycles. The fourth-order valence-electron chi connectivity index (χ4n) is 3.71. The van der Waals surface area contributed by atoms with E-state index in [0.717, 1.165) is 11.1 Å². The van der Waals surface area contributed by atoms with Gasteiger partial charge in [-0.3, -0.25) is 9.59 Å². The number of morpholine rings is 1. The van der Waals surface area contributed by atoms with E-state index in [1.165, 1.54) is 4.88 Å². The Kier molecular flexibility index (Phi) is 6.15. The monoisotopic (exact) mass is 414 g/mol. The summed E-state index contributed by atoms with van der Waals surface area (Å²) < 4.78 is 6.11. The van der Waals surface area contributed by atoms with Gasteiger partial charge in [0.2, 0.25) is 5.91 Å². The largest absolute Gasteiger partial charge is 0.361 e. The number of nitrogens with zero attached hydrogens (tertiary/aromatic N) is 2. The van der Waals surface area contributed by atoms with Crippen LogP contribution in [0.3, 0.4) is 0 Å². The quantitative estimate of drug-likeness (QED) is 0.767. The van der Waals surface area contributed by atoms with Crippen LogP contribution >= 0.6 is 11.3 Å². The van der Waals surface area contributed by atoms with E-state index < -0.39 is 11.0 Å². The normalized spacial score (nSPS) is 19.8. The predicted molar refractivity (Wildman–Crippen MR) is 117 cm³/mol. The van der Waals surface area contributed by atoms with Crippen molar-refractivity contribution in [2.75, 3.05) is 33.8 Å². The van der Waals surface area contributed by atoms with Gasteiger partial charge < -0.3 is 14.5 Å². The molecule has 1 fully saturated rings. The molecule has 0 spiro atoms. The number of hydrogen-bond acceptors (Lipinski definition) is 4. The summed E-state index contributed by atoms with van der Waals surface area (Å²) in [4.78, 5) is 30.6. The van der Waals surface area contributed by atoms with Crippen LogP contribution in [-0.4, -0.2) is 61.0 Å². The first kappa shape index (κ1) is 21.5. The van der Waals surface area contributed by atoms with Gasteiger partial charge >= 0.3 is 0 Å².